The maximum atomic E-state index is 6.04. The molecule has 0 heterocycles. The highest BCUT2D eigenvalue weighted by Gasteiger charge is 2.35. The lowest BCUT2D eigenvalue weighted by atomic mass is 10.0. The van der Waals surface area contributed by atoms with Gasteiger partial charge in [0.05, 0.1) is 6.21 Å². The third-order valence-corrected chi connectivity index (χ3v) is 4.42. The second kappa shape index (κ2) is 5.94. The van der Waals surface area contributed by atoms with E-state index in [1.807, 2.05) is 24.3 Å². The molecule has 3 rings (SSSR count). The van der Waals surface area contributed by atoms with E-state index in [4.69, 9.17) is 23.8 Å². The Hall–Kier alpha value is -1.39. The van der Waals surface area contributed by atoms with E-state index in [0.717, 1.165) is 17.9 Å². The Morgan fingerprint density at radius 3 is 2.85 bits per heavy atom. The van der Waals surface area contributed by atoms with E-state index in [2.05, 4.69) is 28.0 Å². The Bertz CT molecular complexity index is 570. The topological polar surface area (TPSA) is 36.4 Å². The number of nitrogens with one attached hydrogen (secondary N) is 2. The van der Waals surface area contributed by atoms with Gasteiger partial charge in [0, 0.05) is 16.6 Å². The molecule has 1 saturated carbocycles. The van der Waals surface area contributed by atoms with E-state index in [-0.39, 0.29) is 0 Å². The van der Waals surface area contributed by atoms with Crippen LogP contribution in [-0.4, -0.2) is 17.4 Å². The molecule has 2 aliphatic carbocycles. The molecular formula is C15H16ClN3S. The number of hydrogen-bond acceptors (Lipinski definition) is 2. The van der Waals surface area contributed by atoms with Gasteiger partial charge in [-0.2, -0.15) is 5.10 Å². The highest BCUT2D eigenvalue weighted by atomic mass is 35.5. The molecule has 0 amide bonds. The Morgan fingerprint density at radius 2 is 2.15 bits per heavy atom. The standard InChI is InChI=1S/C15H16ClN3S/c16-13-4-2-1-3-12(13)9-17-19-15(20)18-14-8-10-5-6-11(14)7-10/h1-6,9-11,14H,7-8H2,(H2,18,19,20)/b17-9-/t10-,11+,14-/m1/s1. The van der Waals surface area contributed by atoms with Gasteiger partial charge in [0.1, 0.15) is 0 Å². The molecular weight excluding hydrogens is 290 g/mol. The van der Waals surface area contributed by atoms with Crippen LogP contribution in [0.25, 0.3) is 0 Å². The van der Waals surface area contributed by atoms with Crippen molar-refractivity contribution in [3.63, 3.8) is 0 Å². The van der Waals surface area contributed by atoms with Crippen molar-refractivity contribution in [3.05, 3.63) is 47.0 Å². The summed E-state index contributed by atoms with van der Waals surface area (Å²) in [5, 5.41) is 8.70. The molecule has 0 unspecified atom stereocenters. The summed E-state index contributed by atoms with van der Waals surface area (Å²) in [7, 11) is 0. The minimum atomic E-state index is 0.445. The fourth-order valence-electron chi connectivity index (χ4n) is 2.89. The first-order valence-corrected chi connectivity index (χ1v) is 7.53. The minimum Gasteiger partial charge on any atom is -0.358 e. The van der Waals surface area contributed by atoms with Crippen LogP contribution in [0.4, 0.5) is 0 Å². The van der Waals surface area contributed by atoms with Gasteiger partial charge in [-0.05, 0) is 43.0 Å². The van der Waals surface area contributed by atoms with Crippen LogP contribution in [0.3, 0.4) is 0 Å². The van der Waals surface area contributed by atoms with E-state index >= 15 is 0 Å². The molecule has 0 saturated heterocycles. The minimum absolute atomic E-state index is 0.445. The first-order chi connectivity index (χ1) is 9.72. The molecule has 0 radical (unpaired) electrons. The number of benzene rings is 1. The van der Waals surface area contributed by atoms with Crippen molar-refractivity contribution < 1.29 is 0 Å². The van der Waals surface area contributed by atoms with Crippen molar-refractivity contribution in [2.75, 3.05) is 0 Å². The van der Waals surface area contributed by atoms with Gasteiger partial charge in [-0.15, -0.1) is 0 Å². The maximum absolute atomic E-state index is 6.04. The second-order valence-electron chi connectivity index (χ2n) is 5.25. The van der Waals surface area contributed by atoms with Gasteiger partial charge in [-0.25, -0.2) is 0 Å². The molecule has 5 heteroatoms. The maximum Gasteiger partial charge on any atom is 0.187 e. The van der Waals surface area contributed by atoms with Crippen molar-refractivity contribution >= 4 is 35.1 Å². The van der Waals surface area contributed by atoms with Crippen LogP contribution in [-0.2, 0) is 0 Å². The Balaban J connectivity index is 1.50. The zero-order chi connectivity index (χ0) is 13.9. The monoisotopic (exact) mass is 305 g/mol. The number of hydrogen-bond donors (Lipinski definition) is 2. The first kappa shape index (κ1) is 13.6. The van der Waals surface area contributed by atoms with Crippen molar-refractivity contribution in [1.82, 2.24) is 10.7 Å². The van der Waals surface area contributed by atoms with Gasteiger partial charge in [0.25, 0.3) is 0 Å². The van der Waals surface area contributed by atoms with Gasteiger partial charge >= 0.3 is 0 Å². The van der Waals surface area contributed by atoms with Gasteiger partial charge in [-0.1, -0.05) is 42.0 Å². The van der Waals surface area contributed by atoms with E-state index in [1.54, 1.807) is 6.21 Å². The molecule has 2 aliphatic rings. The smallest absolute Gasteiger partial charge is 0.187 e. The van der Waals surface area contributed by atoms with E-state index < -0.39 is 0 Å². The van der Waals surface area contributed by atoms with Gasteiger partial charge in [0.15, 0.2) is 5.11 Å². The molecule has 0 aromatic heterocycles. The predicted octanol–water partition coefficient (Wildman–Crippen LogP) is 3.10. The number of halogens is 1. The van der Waals surface area contributed by atoms with Crippen molar-refractivity contribution in [1.29, 1.82) is 0 Å². The largest absolute Gasteiger partial charge is 0.358 e. The normalized spacial score (nSPS) is 27.1. The quantitative estimate of drug-likeness (QED) is 0.390. The SMILES string of the molecule is S=C(N/N=C\c1ccccc1Cl)N[C@@H]1C[C@@H]2C=C[C@H]1C2. The average molecular weight is 306 g/mol. The lowest BCUT2D eigenvalue weighted by Gasteiger charge is -2.20. The molecule has 1 aromatic carbocycles. The molecule has 2 bridgehead atoms. The Labute approximate surface area is 129 Å². The summed E-state index contributed by atoms with van der Waals surface area (Å²) in [6.07, 6.45) is 8.70. The number of nitrogens with zero attached hydrogens (tertiary/aromatic N) is 1. The molecule has 3 atom stereocenters. The lowest BCUT2D eigenvalue weighted by Crippen LogP contribution is -2.42. The number of rotatable bonds is 3. The molecule has 2 N–H and O–H groups in total. The zero-order valence-electron chi connectivity index (χ0n) is 10.9. The molecule has 0 spiro atoms. The number of hydrazone groups is 1. The summed E-state index contributed by atoms with van der Waals surface area (Å²) in [5.41, 5.74) is 3.72. The molecule has 1 fully saturated rings. The summed E-state index contributed by atoms with van der Waals surface area (Å²) in [6, 6.07) is 8.00. The predicted molar refractivity (Wildman–Crippen MR) is 87.1 cm³/mol. The van der Waals surface area contributed by atoms with Crippen LogP contribution in [0, 0.1) is 11.8 Å². The fraction of sp³-hybridized carbons (Fsp3) is 0.333. The third kappa shape index (κ3) is 3.02. The van der Waals surface area contributed by atoms with E-state index in [9.17, 15) is 0 Å². The highest BCUT2D eigenvalue weighted by molar-refractivity contribution is 7.80. The zero-order valence-corrected chi connectivity index (χ0v) is 12.5. The van der Waals surface area contributed by atoms with Crippen LogP contribution in [0.5, 0.6) is 0 Å². The second-order valence-corrected chi connectivity index (χ2v) is 6.07. The van der Waals surface area contributed by atoms with Crippen LogP contribution in [0.1, 0.15) is 18.4 Å². The Kier molecular flexibility index (Phi) is 4.03. The summed E-state index contributed by atoms with van der Waals surface area (Å²) in [6.45, 7) is 0. The number of thiocarbonyl (C=S) groups is 1. The fourth-order valence-corrected chi connectivity index (χ4v) is 3.28. The third-order valence-electron chi connectivity index (χ3n) is 3.87. The van der Waals surface area contributed by atoms with Crippen LogP contribution in [0.2, 0.25) is 5.02 Å². The molecule has 104 valence electrons. The van der Waals surface area contributed by atoms with Crippen LogP contribution in [0.15, 0.2) is 41.5 Å². The molecule has 0 aliphatic heterocycles. The van der Waals surface area contributed by atoms with Crippen LogP contribution >= 0.6 is 23.8 Å². The average Bonchev–Trinajstić information content (AvgIpc) is 3.03. The number of allylic oxidation sites excluding steroid dienone is 1. The number of fused-ring (bicyclic) bond motifs is 2. The lowest BCUT2D eigenvalue weighted by molar-refractivity contribution is 0.521. The van der Waals surface area contributed by atoms with Crippen molar-refractivity contribution in [2.24, 2.45) is 16.9 Å². The van der Waals surface area contributed by atoms with Gasteiger partial charge in [0.2, 0.25) is 0 Å². The summed E-state index contributed by atoms with van der Waals surface area (Å²) < 4.78 is 0. The van der Waals surface area contributed by atoms with Crippen molar-refractivity contribution in [3.8, 4) is 0 Å². The molecule has 1 aromatic rings. The van der Waals surface area contributed by atoms with Gasteiger partial charge < -0.3 is 5.32 Å². The van der Waals surface area contributed by atoms with Gasteiger partial charge in [-0.3, -0.25) is 5.43 Å². The van der Waals surface area contributed by atoms with E-state index in [1.165, 1.54) is 6.42 Å². The summed E-state index contributed by atoms with van der Waals surface area (Å²) >= 11 is 11.3. The first-order valence-electron chi connectivity index (χ1n) is 6.75. The summed E-state index contributed by atoms with van der Waals surface area (Å²) in [4.78, 5) is 0. The molecule has 20 heavy (non-hydrogen) atoms. The molecule has 3 nitrogen and oxygen atoms in total. The van der Waals surface area contributed by atoms with Crippen LogP contribution < -0.4 is 10.7 Å². The summed E-state index contributed by atoms with van der Waals surface area (Å²) in [5.74, 6) is 1.35. The highest BCUT2D eigenvalue weighted by Crippen LogP contribution is 2.38. The van der Waals surface area contributed by atoms with E-state index in [0.29, 0.717) is 22.1 Å². The van der Waals surface area contributed by atoms with Crippen molar-refractivity contribution in [2.45, 2.75) is 18.9 Å². The Morgan fingerprint density at radius 1 is 1.30 bits per heavy atom.